The molecule has 0 amide bonds. The Morgan fingerprint density at radius 2 is 2.00 bits per heavy atom. The normalized spacial score (nSPS) is 19.8. The van der Waals surface area contributed by atoms with Gasteiger partial charge >= 0.3 is 0 Å². The number of morpholine rings is 2. The highest BCUT2D eigenvalue weighted by Gasteiger charge is 2.25. The van der Waals surface area contributed by atoms with Crippen LogP contribution in [0.5, 0.6) is 0 Å². The van der Waals surface area contributed by atoms with Crippen molar-refractivity contribution in [3.8, 4) is 0 Å². The van der Waals surface area contributed by atoms with Crippen molar-refractivity contribution in [1.29, 1.82) is 0 Å². The van der Waals surface area contributed by atoms with E-state index >= 15 is 0 Å². The second-order valence-electron chi connectivity index (χ2n) is 8.42. The summed E-state index contributed by atoms with van der Waals surface area (Å²) in [4.78, 5) is 14.3. The summed E-state index contributed by atoms with van der Waals surface area (Å²) in [5, 5.41) is 3.48. The van der Waals surface area contributed by atoms with Crippen molar-refractivity contribution in [3.05, 3.63) is 58.8 Å². The maximum absolute atomic E-state index is 6.15. The third-order valence-corrected chi connectivity index (χ3v) is 6.05. The second-order valence-corrected chi connectivity index (χ2v) is 8.42. The predicted octanol–water partition coefficient (Wildman–Crippen LogP) is 3.07. The van der Waals surface area contributed by atoms with Gasteiger partial charge in [0.15, 0.2) is 5.96 Å². The van der Waals surface area contributed by atoms with Gasteiger partial charge in [-0.3, -0.25) is 0 Å². The Morgan fingerprint density at radius 1 is 1.16 bits per heavy atom. The first-order chi connectivity index (χ1) is 15.7. The largest absolute Gasteiger partial charge is 0.378 e. The summed E-state index contributed by atoms with van der Waals surface area (Å²) < 4.78 is 11.7. The molecule has 1 atom stereocenters. The van der Waals surface area contributed by atoms with Crippen LogP contribution >= 0.6 is 0 Å². The van der Waals surface area contributed by atoms with Gasteiger partial charge in [-0.1, -0.05) is 29.8 Å². The standard InChI is InChI=1S/C25H35N5O2/c1-4-26-25(28-17-21-6-5-9-27-24(21)29-10-13-31-14-11-29)30-12-15-32-23(18-30)22-8-7-19(2)16-20(22)3/h5-9,16,23H,4,10-15,17-18H2,1-3H3,(H,26,28). The minimum Gasteiger partial charge on any atom is -0.378 e. The number of benzene rings is 1. The zero-order chi connectivity index (χ0) is 22.3. The van der Waals surface area contributed by atoms with Gasteiger partial charge < -0.3 is 24.6 Å². The Hall–Kier alpha value is -2.64. The molecule has 2 fully saturated rings. The molecule has 4 rings (SSSR count). The third kappa shape index (κ3) is 5.40. The molecule has 0 spiro atoms. The van der Waals surface area contributed by atoms with Gasteiger partial charge in [-0.15, -0.1) is 0 Å². The van der Waals surface area contributed by atoms with Crippen LogP contribution in [0.15, 0.2) is 41.5 Å². The summed E-state index contributed by atoms with van der Waals surface area (Å²) in [6.07, 6.45) is 1.91. The lowest BCUT2D eigenvalue weighted by Gasteiger charge is -2.36. The van der Waals surface area contributed by atoms with E-state index in [0.717, 1.165) is 63.3 Å². The van der Waals surface area contributed by atoms with Gasteiger partial charge in [-0.25, -0.2) is 9.98 Å². The fraction of sp³-hybridized carbons (Fsp3) is 0.520. The molecule has 0 radical (unpaired) electrons. The van der Waals surface area contributed by atoms with Crippen LogP contribution in [0.25, 0.3) is 0 Å². The quantitative estimate of drug-likeness (QED) is 0.573. The van der Waals surface area contributed by atoms with Crippen molar-refractivity contribution in [2.45, 2.75) is 33.4 Å². The van der Waals surface area contributed by atoms with E-state index in [2.05, 4.69) is 65.1 Å². The average Bonchev–Trinajstić information content (AvgIpc) is 2.82. The molecule has 3 heterocycles. The fourth-order valence-corrected chi connectivity index (χ4v) is 4.42. The molecule has 2 aliphatic heterocycles. The van der Waals surface area contributed by atoms with Gasteiger partial charge in [0, 0.05) is 37.9 Å². The topological polar surface area (TPSA) is 62.2 Å². The lowest BCUT2D eigenvalue weighted by atomic mass is 10.00. The number of pyridine rings is 1. The van der Waals surface area contributed by atoms with Gasteiger partial charge in [0.1, 0.15) is 11.9 Å². The molecule has 32 heavy (non-hydrogen) atoms. The summed E-state index contributed by atoms with van der Waals surface area (Å²) >= 11 is 0. The Morgan fingerprint density at radius 3 is 2.78 bits per heavy atom. The van der Waals surface area contributed by atoms with E-state index < -0.39 is 0 Å². The van der Waals surface area contributed by atoms with Crippen LogP contribution in [0.4, 0.5) is 5.82 Å². The van der Waals surface area contributed by atoms with Crippen molar-refractivity contribution < 1.29 is 9.47 Å². The number of hydrogen-bond acceptors (Lipinski definition) is 5. The van der Waals surface area contributed by atoms with Crippen LogP contribution < -0.4 is 10.2 Å². The minimum absolute atomic E-state index is 0.0514. The summed E-state index contributed by atoms with van der Waals surface area (Å²) in [5.41, 5.74) is 4.97. The number of guanidine groups is 1. The minimum atomic E-state index is 0.0514. The first-order valence-electron chi connectivity index (χ1n) is 11.6. The van der Waals surface area contributed by atoms with Crippen LogP contribution in [-0.4, -0.2) is 68.4 Å². The van der Waals surface area contributed by atoms with Gasteiger partial charge in [0.05, 0.1) is 32.9 Å². The smallest absolute Gasteiger partial charge is 0.194 e. The lowest BCUT2D eigenvalue weighted by Crippen LogP contribution is -2.48. The summed E-state index contributed by atoms with van der Waals surface area (Å²) in [6.45, 7) is 13.4. The molecule has 1 N–H and O–H groups in total. The SMILES string of the molecule is CCNC(=NCc1cccnc1N1CCOCC1)N1CCOC(c2ccc(C)cc2C)C1. The number of ether oxygens (including phenoxy) is 2. The fourth-order valence-electron chi connectivity index (χ4n) is 4.42. The Balaban J connectivity index is 1.51. The zero-order valence-corrected chi connectivity index (χ0v) is 19.5. The van der Waals surface area contributed by atoms with Crippen molar-refractivity contribution in [3.63, 3.8) is 0 Å². The van der Waals surface area contributed by atoms with Crippen LogP contribution in [0, 0.1) is 13.8 Å². The lowest BCUT2D eigenvalue weighted by molar-refractivity contribution is -0.00834. The number of anilines is 1. The maximum atomic E-state index is 6.15. The zero-order valence-electron chi connectivity index (χ0n) is 19.5. The highest BCUT2D eigenvalue weighted by Crippen LogP contribution is 2.26. The van der Waals surface area contributed by atoms with Crippen molar-refractivity contribution in [2.24, 2.45) is 4.99 Å². The molecule has 7 heteroatoms. The van der Waals surface area contributed by atoms with Crippen molar-refractivity contribution >= 4 is 11.8 Å². The van der Waals surface area contributed by atoms with E-state index in [1.807, 2.05) is 12.3 Å². The van der Waals surface area contributed by atoms with E-state index in [1.165, 1.54) is 16.7 Å². The summed E-state index contributed by atoms with van der Waals surface area (Å²) in [7, 11) is 0. The Bertz CT molecular complexity index is 926. The molecular weight excluding hydrogens is 402 g/mol. The Kier molecular flexibility index (Phi) is 7.60. The first-order valence-corrected chi connectivity index (χ1v) is 11.6. The van der Waals surface area contributed by atoms with Crippen molar-refractivity contribution in [1.82, 2.24) is 15.2 Å². The first kappa shape index (κ1) is 22.6. The van der Waals surface area contributed by atoms with Crippen LogP contribution in [0.3, 0.4) is 0 Å². The van der Waals surface area contributed by atoms with Crippen LogP contribution in [-0.2, 0) is 16.0 Å². The number of aromatic nitrogens is 1. The monoisotopic (exact) mass is 437 g/mol. The molecule has 1 aromatic carbocycles. The van der Waals surface area contributed by atoms with E-state index in [0.29, 0.717) is 13.2 Å². The van der Waals surface area contributed by atoms with Crippen LogP contribution in [0.1, 0.15) is 35.3 Å². The number of rotatable bonds is 5. The maximum Gasteiger partial charge on any atom is 0.194 e. The van der Waals surface area contributed by atoms with Crippen molar-refractivity contribution in [2.75, 3.05) is 57.4 Å². The van der Waals surface area contributed by atoms with Gasteiger partial charge in [-0.05, 0) is 38.0 Å². The summed E-state index contributed by atoms with van der Waals surface area (Å²) in [5.74, 6) is 1.95. The molecule has 1 unspecified atom stereocenters. The molecule has 7 nitrogen and oxygen atoms in total. The number of aryl methyl sites for hydroxylation is 2. The highest BCUT2D eigenvalue weighted by atomic mass is 16.5. The molecule has 0 aliphatic carbocycles. The number of nitrogens with one attached hydrogen (secondary N) is 1. The molecular formula is C25H35N5O2. The number of hydrogen-bond donors (Lipinski definition) is 1. The van der Waals surface area contributed by atoms with E-state index in [4.69, 9.17) is 14.5 Å². The van der Waals surface area contributed by atoms with E-state index in [-0.39, 0.29) is 6.10 Å². The second kappa shape index (κ2) is 10.8. The van der Waals surface area contributed by atoms with Crippen LogP contribution in [0.2, 0.25) is 0 Å². The predicted molar refractivity (Wildman–Crippen MR) is 128 cm³/mol. The van der Waals surface area contributed by atoms with Gasteiger partial charge in [-0.2, -0.15) is 0 Å². The molecule has 2 aromatic rings. The molecule has 0 bridgehead atoms. The molecule has 172 valence electrons. The number of aliphatic imine (C=N–C) groups is 1. The third-order valence-electron chi connectivity index (χ3n) is 6.05. The van der Waals surface area contributed by atoms with E-state index in [9.17, 15) is 0 Å². The van der Waals surface area contributed by atoms with Gasteiger partial charge in [0.25, 0.3) is 0 Å². The number of nitrogens with zero attached hydrogens (tertiary/aromatic N) is 4. The Labute approximate surface area is 191 Å². The average molecular weight is 438 g/mol. The highest BCUT2D eigenvalue weighted by molar-refractivity contribution is 5.80. The molecule has 2 saturated heterocycles. The molecule has 0 saturated carbocycles. The van der Waals surface area contributed by atoms with E-state index in [1.54, 1.807) is 0 Å². The van der Waals surface area contributed by atoms with Gasteiger partial charge in [0.2, 0.25) is 0 Å². The molecule has 1 aromatic heterocycles. The summed E-state index contributed by atoms with van der Waals surface area (Å²) in [6, 6.07) is 10.7. The molecule has 2 aliphatic rings.